The molecule has 0 saturated heterocycles. The Morgan fingerprint density at radius 2 is 2.07 bits per heavy atom. The van der Waals surface area contributed by atoms with Crippen molar-refractivity contribution < 1.29 is 9.18 Å². The lowest BCUT2D eigenvalue weighted by molar-refractivity contribution is 0.101. The summed E-state index contributed by atoms with van der Waals surface area (Å²) in [6.07, 6.45) is 6.11. The highest BCUT2D eigenvalue weighted by Crippen LogP contribution is 2.24. The van der Waals surface area contributed by atoms with E-state index < -0.39 is 5.82 Å². The summed E-state index contributed by atoms with van der Waals surface area (Å²) in [7, 11) is 0. The van der Waals surface area contributed by atoms with E-state index in [-0.39, 0.29) is 12.3 Å². The first-order valence-corrected chi connectivity index (χ1v) is 9.39. The number of H-pyrrole nitrogens is 1. The second-order valence-corrected chi connectivity index (χ2v) is 7.01. The van der Waals surface area contributed by atoms with Crippen LogP contribution in [0.1, 0.15) is 15.9 Å². The van der Waals surface area contributed by atoms with Gasteiger partial charge in [0.2, 0.25) is 0 Å². The highest BCUT2D eigenvalue weighted by molar-refractivity contribution is 6.09. The summed E-state index contributed by atoms with van der Waals surface area (Å²) in [5, 5.41) is 8.39. The molecule has 0 saturated carbocycles. The van der Waals surface area contributed by atoms with Gasteiger partial charge >= 0.3 is 0 Å². The van der Waals surface area contributed by atoms with Crippen molar-refractivity contribution in [3.8, 4) is 11.3 Å². The molecular weight excluding hydrogens is 383 g/mol. The van der Waals surface area contributed by atoms with Crippen molar-refractivity contribution in [1.82, 2.24) is 24.6 Å². The number of rotatable bonds is 5. The third kappa shape index (κ3) is 3.08. The number of pyridine rings is 1. The average Bonchev–Trinajstić information content (AvgIpc) is 3.36. The largest absolute Gasteiger partial charge is 0.362 e. The van der Waals surface area contributed by atoms with E-state index in [1.54, 1.807) is 29.2 Å². The Balaban J connectivity index is 1.50. The van der Waals surface area contributed by atoms with Crippen molar-refractivity contribution in [2.24, 2.45) is 0 Å². The number of carbonyl (C=O) groups is 1. The highest BCUT2D eigenvalue weighted by atomic mass is 19.1. The van der Waals surface area contributed by atoms with E-state index >= 15 is 0 Å². The minimum atomic E-state index is -0.441. The number of hydrogen-bond acceptors (Lipinski definition) is 5. The molecule has 4 aromatic heterocycles. The number of Topliss-reactive ketones (excluding diaryl/α,β-unsaturated/α-hetero) is 1. The van der Waals surface area contributed by atoms with Gasteiger partial charge < -0.3 is 10.3 Å². The zero-order chi connectivity index (χ0) is 20.7. The third-order valence-corrected chi connectivity index (χ3v) is 4.97. The number of halogens is 1. The number of para-hydroxylation sites is 1. The molecule has 0 aliphatic rings. The summed E-state index contributed by atoms with van der Waals surface area (Å²) in [4.78, 5) is 24.5. The number of aromatic amines is 1. The SMILES string of the molecule is Cc1cnn2c(NCC(=O)c3c[nH]c4ccccc34)cc(-c3cncc(F)c3)nc12. The fourth-order valence-electron chi connectivity index (χ4n) is 3.47. The van der Waals surface area contributed by atoms with Gasteiger partial charge in [0.1, 0.15) is 11.6 Å². The predicted molar refractivity (Wildman–Crippen MR) is 112 cm³/mol. The number of ketones is 1. The van der Waals surface area contributed by atoms with Crippen LogP contribution in [0.15, 0.2) is 61.2 Å². The van der Waals surface area contributed by atoms with Gasteiger partial charge in [-0.05, 0) is 19.1 Å². The van der Waals surface area contributed by atoms with Gasteiger partial charge in [0.25, 0.3) is 0 Å². The molecule has 0 fully saturated rings. The molecule has 7 nitrogen and oxygen atoms in total. The quantitative estimate of drug-likeness (QED) is 0.435. The molecule has 148 valence electrons. The van der Waals surface area contributed by atoms with Gasteiger partial charge in [-0.2, -0.15) is 9.61 Å². The normalized spacial score (nSPS) is 11.3. The zero-order valence-electron chi connectivity index (χ0n) is 16.1. The van der Waals surface area contributed by atoms with Crippen molar-refractivity contribution in [2.45, 2.75) is 6.92 Å². The van der Waals surface area contributed by atoms with Gasteiger partial charge in [0.05, 0.1) is 24.6 Å². The van der Waals surface area contributed by atoms with Gasteiger partial charge in [-0.3, -0.25) is 9.78 Å². The number of fused-ring (bicyclic) bond motifs is 2. The van der Waals surface area contributed by atoms with Gasteiger partial charge in [0.15, 0.2) is 11.4 Å². The van der Waals surface area contributed by atoms with Crippen LogP contribution in [0.4, 0.5) is 10.2 Å². The van der Waals surface area contributed by atoms with Crippen LogP contribution in [0.25, 0.3) is 27.8 Å². The number of aryl methyl sites for hydroxylation is 1. The van der Waals surface area contributed by atoms with E-state index in [9.17, 15) is 9.18 Å². The fraction of sp³-hybridized carbons (Fsp3) is 0.0909. The number of carbonyl (C=O) groups excluding carboxylic acids is 1. The molecule has 8 heteroatoms. The van der Waals surface area contributed by atoms with Crippen LogP contribution in [0.5, 0.6) is 0 Å². The van der Waals surface area contributed by atoms with Crippen molar-refractivity contribution in [3.63, 3.8) is 0 Å². The molecule has 0 spiro atoms. The Kier molecular flexibility index (Phi) is 4.24. The van der Waals surface area contributed by atoms with Gasteiger partial charge in [-0.25, -0.2) is 9.37 Å². The number of benzene rings is 1. The zero-order valence-corrected chi connectivity index (χ0v) is 16.1. The van der Waals surface area contributed by atoms with Crippen LogP contribution in [-0.2, 0) is 0 Å². The Morgan fingerprint density at radius 1 is 1.20 bits per heavy atom. The minimum Gasteiger partial charge on any atom is -0.362 e. The second kappa shape index (κ2) is 7.07. The Hall–Kier alpha value is -4.07. The maximum atomic E-state index is 13.7. The van der Waals surface area contributed by atoms with E-state index in [4.69, 9.17) is 0 Å². The average molecular weight is 400 g/mol. The lowest BCUT2D eigenvalue weighted by Gasteiger charge is -2.10. The lowest BCUT2D eigenvalue weighted by atomic mass is 10.1. The molecule has 0 aliphatic heterocycles. The van der Waals surface area contributed by atoms with Crippen LogP contribution in [0, 0.1) is 12.7 Å². The molecule has 0 radical (unpaired) electrons. The molecule has 0 unspecified atom stereocenters. The maximum Gasteiger partial charge on any atom is 0.184 e. The first-order chi connectivity index (χ1) is 14.6. The van der Waals surface area contributed by atoms with E-state index in [0.717, 1.165) is 22.7 Å². The summed E-state index contributed by atoms with van der Waals surface area (Å²) >= 11 is 0. The molecule has 0 atom stereocenters. The molecule has 5 aromatic rings. The molecule has 0 aliphatic carbocycles. The van der Waals surface area contributed by atoms with Crippen LogP contribution in [0.3, 0.4) is 0 Å². The van der Waals surface area contributed by atoms with Crippen molar-refractivity contribution in [2.75, 3.05) is 11.9 Å². The summed E-state index contributed by atoms with van der Waals surface area (Å²) in [6.45, 7) is 1.96. The Morgan fingerprint density at radius 3 is 2.93 bits per heavy atom. The molecule has 2 N–H and O–H groups in total. The minimum absolute atomic E-state index is 0.0599. The second-order valence-electron chi connectivity index (χ2n) is 7.01. The van der Waals surface area contributed by atoms with Crippen molar-refractivity contribution in [1.29, 1.82) is 0 Å². The number of hydrogen-bond donors (Lipinski definition) is 2. The van der Waals surface area contributed by atoms with E-state index in [1.807, 2.05) is 31.2 Å². The van der Waals surface area contributed by atoms with E-state index in [1.165, 1.54) is 6.07 Å². The molecule has 4 heterocycles. The highest BCUT2D eigenvalue weighted by Gasteiger charge is 2.15. The molecule has 0 amide bonds. The smallest absolute Gasteiger partial charge is 0.184 e. The summed E-state index contributed by atoms with van der Waals surface area (Å²) in [6, 6.07) is 10.8. The third-order valence-electron chi connectivity index (χ3n) is 4.97. The predicted octanol–water partition coefficient (Wildman–Crippen LogP) is 4.01. The van der Waals surface area contributed by atoms with Crippen LogP contribution < -0.4 is 5.32 Å². The molecule has 5 rings (SSSR count). The standard InChI is InChI=1S/C22H17FN6O/c1-13-8-27-29-21(7-19(28-22(13)29)14-6-15(23)10-24-9-14)26-12-20(30)17-11-25-18-5-3-2-4-16(17)18/h2-11,25-26H,12H2,1H3. The summed E-state index contributed by atoms with van der Waals surface area (Å²) in [5.74, 6) is 0.0826. The van der Waals surface area contributed by atoms with Crippen LogP contribution in [-0.4, -0.2) is 36.9 Å². The Bertz CT molecular complexity index is 1400. The molecular formula is C22H17FN6O. The summed E-state index contributed by atoms with van der Waals surface area (Å²) < 4.78 is 15.3. The van der Waals surface area contributed by atoms with Crippen LogP contribution >= 0.6 is 0 Å². The molecule has 30 heavy (non-hydrogen) atoms. The number of nitrogens with zero attached hydrogens (tertiary/aromatic N) is 4. The molecule has 0 bridgehead atoms. The van der Waals surface area contributed by atoms with Crippen molar-refractivity contribution in [3.05, 3.63) is 78.1 Å². The van der Waals surface area contributed by atoms with Crippen molar-refractivity contribution >= 4 is 28.2 Å². The fourth-order valence-corrected chi connectivity index (χ4v) is 3.47. The van der Waals surface area contributed by atoms with Gasteiger partial charge in [-0.1, -0.05) is 18.2 Å². The van der Waals surface area contributed by atoms with Crippen LogP contribution in [0.2, 0.25) is 0 Å². The van der Waals surface area contributed by atoms with E-state index in [2.05, 4.69) is 25.4 Å². The Labute approximate surface area is 170 Å². The maximum absolute atomic E-state index is 13.7. The first kappa shape index (κ1) is 18.0. The topological polar surface area (TPSA) is 88.0 Å². The van der Waals surface area contributed by atoms with E-state index in [0.29, 0.717) is 28.3 Å². The summed E-state index contributed by atoms with van der Waals surface area (Å²) in [5.41, 5.74) is 4.11. The number of anilines is 1. The number of aromatic nitrogens is 5. The number of nitrogens with one attached hydrogen (secondary N) is 2. The van der Waals surface area contributed by atoms with Gasteiger partial charge in [0, 0.05) is 46.1 Å². The molecule has 1 aromatic carbocycles. The monoisotopic (exact) mass is 400 g/mol. The van der Waals surface area contributed by atoms with Gasteiger partial charge in [-0.15, -0.1) is 0 Å². The lowest BCUT2D eigenvalue weighted by Crippen LogP contribution is -2.16. The first-order valence-electron chi connectivity index (χ1n) is 9.39.